The van der Waals surface area contributed by atoms with Crippen molar-refractivity contribution < 1.29 is 69.0 Å². The number of aliphatic hydroxyl groups is 7. The van der Waals surface area contributed by atoms with Crippen LogP contribution in [0.2, 0.25) is 0 Å². The molecule has 0 radical (unpaired) electrons. The summed E-state index contributed by atoms with van der Waals surface area (Å²) >= 11 is 0. The van der Waals surface area contributed by atoms with Crippen LogP contribution in [0.25, 0.3) is 0 Å². The summed E-state index contributed by atoms with van der Waals surface area (Å²) in [7, 11) is 0. The molecule has 0 amide bonds. The van der Waals surface area contributed by atoms with E-state index in [2.05, 4.69) is 62.5 Å². The summed E-state index contributed by atoms with van der Waals surface area (Å²) in [6.07, 6.45) is 50.3. The Balaban J connectivity index is 1.66. The molecule has 14 heteroatoms. The summed E-state index contributed by atoms with van der Waals surface area (Å²) in [6, 6.07) is 0. The molecule has 0 aromatic rings. The monoisotopic (exact) mass is 1150 g/mol. The number of carbonyl (C=O) groups excluding carboxylic acids is 1. The van der Waals surface area contributed by atoms with Gasteiger partial charge in [0.2, 0.25) is 0 Å². The third-order valence-corrected chi connectivity index (χ3v) is 15.8. The van der Waals surface area contributed by atoms with Crippen LogP contribution in [0.4, 0.5) is 0 Å². The molecule has 0 bridgehead atoms. The zero-order valence-corrected chi connectivity index (χ0v) is 51.3. The molecule has 0 aromatic carbocycles. The number of unbranched alkanes of at least 4 members (excludes halogenated alkanes) is 33. The Kier molecular flexibility index (Phi) is 49.5. The van der Waals surface area contributed by atoms with Crippen molar-refractivity contribution in [1.29, 1.82) is 0 Å². The molecule has 14 nitrogen and oxygen atoms in total. The lowest BCUT2D eigenvalue weighted by atomic mass is 9.98. The number of ether oxygens (including phenoxy) is 6. The highest BCUT2D eigenvalue weighted by Gasteiger charge is 2.47. The Morgan fingerprint density at radius 2 is 0.765 bits per heavy atom. The third-order valence-electron chi connectivity index (χ3n) is 15.8. The fourth-order valence-corrected chi connectivity index (χ4v) is 10.5. The van der Waals surface area contributed by atoms with E-state index in [0.29, 0.717) is 13.0 Å². The third kappa shape index (κ3) is 39.3. The molecule has 0 aliphatic carbocycles. The zero-order valence-electron chi connectivity index (χ0n) is 51.3. The quantitative estimate of drug-likeness (QED) is 0.0171. The van der Waals surface area contributed by atoms with Gasteiger partial charge in [0.25, 0.3) is 0 Å². The van der Waals surface area contributed by atoms with Crippen LogP contribution in [-0.2, 0) is 33.2 Å². The Bertz CT molecular complexity index is 1520. The highest BCUT2D eigenvalue weighted by molar-refractivity contribution is 5.69. The minimum absolute atomic E-state index is 0.0602. The second kappa shape index (κ2) is 53.4. The van der Waals surface area contributed by atoms with Crippen LogP contribution in [0.15, 0.2) is 48.6 Å². The average Bonchev–Trinajstić information content (AvgIpc) is 3.46. The van der Waals surface area contributed by atoms with Crippen molar-refractivity contribution in [3.05, 3.63) is 48.6 Å². The molecular weight excluding hydrogens is 1030 g/mol. The first-order valence-electron chi connectivity index (χ1n) is 33.2. The smallest absolute Gasteiger partial charge is 0.306 e. The first kappa shape index (κ1) is 75.0. The molecule has 0 aromatic heterocycles. The number of hydrogen-bond donors (Lipinski definition) is 7. The number of rotatable bonds is 55. The highest BCUT2D eigenvalue weighted by Crippen LogP contribution is 2.27. The van der Waals surface area contributed by atoms with E-state index in [1.807, 2.05) is 0 Å². The van der Waals surface area contributed by atoms with Gasteiger partial charge < -0.3 is 64.2 Å². The van der Waals surface area contributed by atoms with Crippen LogP contribution in [-0.4, -0.2) is 142 Å². The minimum Gasteiger partial charge on any atom is -0.457 e. The largest absolute Gasteiger partial charge is 0.457 e. The summed E-state index contributed by atoms with van der Waals surface area (Å²) in [4.78, 5) is 13.1. The Hall–Kier alpha value is -2.05. The second-order valence-electron chi connectivity index (χ2n) is 23.3. The average molecular weight is 1150 g/mol. The summed E-state index contributed by atoms with van der Waals surface area (Å²) in [5.74, 6) is -0.375. The standard InChI is InChI=1S/C67H122O14/c1-3-5-7-9-11-13-15-17-19-21-23-25-27-28-29-30-32-34-36-38-40-42-44-46-48-50-59(69)79-56(53-76-51-49-47-45-43-41-39-37-35-33-31-26-24-22-20-18-16-14-12-10-8-6-4-2)54-77-66-65(75)63(73)61(71)58(81-66)55-78-67-64(74)62(72)60(70)57(52-68)80-67/h15-18,21-24,56-58,60-68,70-75H,3-14,19-20,25-55H2,1-2H3/b17-15-,18-16-,23-21-,24-22-. The Morgan fingerprint density at radius 1 is 0.407 bits per heavy atom. The van der Waals surface area contributed by atoms with Crippen molar-refractivity contribution in [2.24, 2.45) is 0 Å². The van der Waals surface area contributed by atoms with Gasteiger partial charge in [0.05, 0.1) is 26.4 Å². The van der Waals surface area contributed by atoms with Gasteiger partial charge in [0, 0.05) is 13.0 Å². The molecular formula is C67H122O14. The van der Waals surface area contributed by atoms with E-state index in [1.54, 1.807) is 0 Å². The summed E-state index contributed by atoms with van der Waals surface area (Å²) in [6.45, 7) is 3.71. The molecule has 0 saturated carbocycles. The van der Waals surface area contributed by atoms with Crippen LogP contribution < -0.4 is 0 Å². The molecule has 11 unspecified atom stereocenters. The van der Waals surface area contributed by atoms with Crippen molar-refractivity contribution >= 4 is 5.97 Å². The van der Waals surface area contributed by atoms with E-state index in [1.165, 1.54) is 193 Å². The number of carbonyl (C=O) groups is 1. The van der Waals surface area contributed by atoms with Crippen molar-refractivity contribution in [2.75, 3.05) is 33.0 Å². The Labute approximate surface area is 492 Å². The molecule has 11 atom stereocenters. The molecule has 2 aliphatic heterocycles. The summed E-state index contributed by atoms with van der Waals surface area (Å²) in [5, 5.41) is 72.5. The van der Waals surface area contributed by atoms with Gasteiger partial charge in [-0.25, -0.2) is 0 Å². The fraction of sp³-hybridized carbons (Fsp3) is 0.866. The topological polar surface area (TPSA) is 214 Å². The predicted octanol–water partition coefficient (Wildman–Crippen LogP) is 13.4. The zero-order chi connectivity index (χ0) is 58.6. The number of allylic oxidation sites excluding steroid dienone is 8. The normalized spacial score (nSPS) is 24.0. The molecule has 2 fully saturated rings. The van der Waals surface area contributed by atoms with Crippen LogP contribution >= 0.6 is 0 Å². The van der Waals surface area contributed by atoms with Gasteiger partial charge in [0.15, 0.2) is 12.6 Å². The van der Waals surface area contributed by atoms with E-state index in [0.717, 1.165) is 51.4 Å². The lowest BCUT2D eigenvalue weighted by molar-refractivity contribution is -0.332. The van der Waals surface area contributed by atoms with Gasteiger partial charge in [-0.15, -0.1) is 0 Å². The van der Waals surface area contributed by atoms with Gasteiger partial charge >= 0.3 is 5.97 Å². The molecule has 0 spiro atoms. The molecule has 2 heterocycles. The van der Waals surface area contributed by atoms with E-state index < -0.39 is 80.7 Å². The van der Waals surface area contributed by atoms with Gasteiger partial charge in [-0.05, 0) is 77.0 Å². The fourth-order valence-electron chi connectivity index (χ4n) is 10.5. The van der Waals surface area contributed by atoms with E-state index in [4.69, 9.17) is 28.4 Å². The summed E-state index contributed by atoms with van der Waals surface area (Å²) < 4.78 is 34.5. The van der Waals surface area contributed by atoms with Gasteiger partial charge in [0.1, 0.15) is 54.9 Å². The number of aliphatic hydroxyl groups excluding tert-OH is 7. The minimum atomic E-state index is -1.71. The highest BCUT2D eigenvalue weighted by atomic mass is 16.7. The maximum absolute atomic E-state index is 13.1. The Morgan fingerprint density at radius 3 is 1.19 bits per heavy atom. The lowest BCUT2D eigenvalue weighted by Gasteiger charge is -2.42. The van der Waals surface area contributed by atoms with Crippen molar-refractivity contribution in [2.45, 2.75) is 338 Å². The second-order valence-corrected chi connectivity index (χ2v) is 23.3. The van der Waals surface area contributed by atoms with E-state index in [9.17, 15) is 40.5 Å². The van der Waals surface area contributed by atoms with Crippen molar-refractivity contribution in [3.8, 4) is 0 Å². The summed E-state index contributed by atoms with van der Waals surface area (Å²) in [5.41, 5.74) is 0. The first-order valence-corrected chi connectivity index (χ1v) is 33.2. The van der Waals surface area contributed by atoms with Crippen LogP contribution in [0.5, 0.6) is 0 Å². The molecule has 7 N–H and O–H groups in total. The van der Waals surface area contributed by atoms with E-state index >= 15 is 0 Å². The lowest BCUT2D eigenvalue weighted by Crippen LogP contribution is -2.61. The maximum atomic E-state index is 13.1. The van der Waals surface area contributed by atoms with Crippen molar-refractivity contribution in [1.82, 2.24) is 0 Å². The SMILES string of the molecule is CCCCCCC/C=C\C/C=C\CCCCCCCCCCCCCCCC(=O)OC(COCCCCCCCCCCCC/C=C\C/C=C\CCCCCCC)COC1OC(COC2OC(CO)C(O)C(O)C2O)C(O)C(O)C1O. The maximum Gasteiger partial charge on any atom is 0.306 e. The van der Waals surface area contributed by atoms with Crippen LogP contribution in [0, 0.1) is 0 Å². The molecule has 2 aliphatic rings. The number of hydrogen-bond acceptors (Lipinski definition) is 14. The van der Waals surface area contributed by atoms with Crippen LogP contribution in [0.3, 0.4) is 0 Å². The number of esters is 1. The first-order chi connectivity index (χ1) is 39.6. The van der Waals surface area contributed by atoms with E-state index in [-0.39, 0.29) is 25.6 Å². The molecule has 81 heavy (non-hydrogen) atoms. The molecule has 2 rings (SSSR count). The molecule has 2 saturated heterocycles. The van der Waals surface area contributed by atoms with Gasteiger partial charge in [-0.1, -0.05) is 236 Å². The van der Waals surface area contributed by atoms with Gasteiger partial charge in [-0.3, -0.25) is 4.79 Å². The predicted molar refractivity (Wildman–Crippen MR) is 326 cm³/mol. The molecule has 474 valence electrons. The van der Waals surface area contributed by atoms with Crippen LogP contribution in [0.1, 0.15) is 271 Å². The van der Waals surface area contributed by atoms with Crippen molar-refractivity contribution in [3.63, 3.8) is 0 Å². The van der Waals surface area contributed by atoms with Gasteiger partial charge in [-0.2, -0.15) is 0 Å².